The van der Waals surface area contributed by atoms with Gasteiger partial charge in [0.05, 0.1) is 17.4 Å². The van der Waals surface area contributed by atoms with E-state index in [-0.39, 0.29) is 0 Å². The molecule has 1 aromatic heterocycles. The van der Waals surface area contributed by atoms with Crippen LogP contribution in [0.5, 0.6) is 0 Å². The van der Waals surface area contributed by atoms with E-state index in [1.165, 1.54) is 11.1 Å². The van der Waals surface area contributed by atoms with E-state index in [1.807, 2.05) is 30.1 Å². The number of aryl methyl sites for hydroxylation is 1. The minimum Gasteiger partial charge on any atom is -0.399 e. The summed E-state index contributed by atoms with van der Waals surface area (Å²) in [6.07, 6.45) is 2.75. The van der Waals surface area contributed by atoms with Crippen LogP contribution in [0.25, 0.3) is 11.0 Å². The van der Waals surface area contributed by atoms with Crippen LogP contribution in [0.15, 0.2) is 48.8 Å². The van der Waals surface area contributed by atoms with Gasteiger partial charge in [-0.2, -0.15) is 0 Å². The molecule has 3 heteroatoms. The maximum absolute atomic E-state index is 5.68. The summed E-state index contributed by atoms with van der Waals surface area (Å²) in [6.45, 7) is 0. The maximum Gasteiger partial charge on any atom is 0.0955 e. The number of nitrogens with zero attached hydrogens (tertiary/aromatic N) is 2. The molecule has 0 atom stereocenters. The molecule has 18 heavy (non-hydrogen) atoms. The number of imidazole rings is 1. The van der Waals surface area contributed by atoms with E-state index in [0.29, 0.717) is 0 Å². The average Bonchev–Trinajstić information content (AvgIpc) is 2.74. The molecule has 0 fully saturated rings. The standard InChI is InChI=1S/C15H15N3/c1-18-10-17-14-9-12(4-7-15(14)18)8-11-2-5-13(16)6-3-11/h2-7,9-10H,8,16H2,1H3. The van der Waals surface area contributed by atoms with E-state index in [1.54, 1.807) is 0 Å². The molecule has 0 spiro atoms. The van der Waals surface area contributed by atoms with Crippen LogP contribution in [0.4, 0.5) is 5.69 Å². The summed E-state index contributed by atoms with van der Waals surface area (Å²) in [5.41, 5.74) is 11.2. The Hall–Kier alpha value is -2.29. The van der Waals surface area contributed by atoms with Crippen molar-refractivity contribution < 1.29 is 0 Å². The normalized spacial score (nSPS) is 10.9. The first-order valence-electron chi connectivity index (χ1n) is 5.97. The summed E-state index contributed by atoms with van der Waals surface area (Å²) in [6, 6.07) is 14.4. The molecular formula is C15H15N3. The topological polar surface area (TPSA) is 43.8 Å². The molecule has 3 rings (SSSR count). The Bertz CT molecular complexity index is 681. The maximum atomic E-state index is 5.68. The number of benzene rings is 2. The monoisotopic (exact) mass is 237 g/mol. The number of rotatable bonds is 2. The van der Waals surface area contributed by atoms with Gasteiger partial charge >= 0.3 is 0 Å². The van der Waals surface area contributed by atoms with Gasteiger partial charge in [0.15, 0.2) is 0 Å². The first-order valence-corrected chi connectivity index (χ1v) is 5.97. The molecule has 1 heterocycles. The van der Waals surface area contributed by atoms with Crippen molar-refractivity contribution in [3.05, 3.63) is 59.9 Å². The van der Waals surface area contributed by atoms with Crippen molar-refractivity contribution in [2.45, 2.75) is 6.42 Å². The average molecular weight is 237 g/mol. The lowest BCUT2D eigenvalue weighted by Gasteiger charge is -2.03. The molecule has 3 nitrogen and oxygen atoms in total. The zero-order chi connectivity index (χ0) is 12.5. The van der Waals surface area contributed by atoms with Gasteiger partial charge in [0.2, 0.25) is 0 Å². The van der Waals surface area contributed by atoms with Crippen LogP contribution in [0.1, 0.15) is 11.1 Å². The predicted octanol–water partition coefficient (Wildman–Crippen LogP) is 2.75. The molecule has 0 aliphatic rings. The van der Waals surface area contributed by atoms with Gasteiger partial charge in [-0.25, -0.2) is 4.98 Å². The predicted molar refractivity (Wildman–Crippen MR) is 74.4 cm³/mol. The Balaban J connectivity index is 1.92. The second kappa shape index (κ2) is 4.18. The van der Waals surface area contributed by atoms with Gasteiger partial charge in [0.25, 0.3) is 0 Å². The fraction of sp³-hybridized carbons (Fsp3) is 0.133. The first kappa shape index (κ1) is 10.8. The quantitative estimate of drug-likeness (QED) is 0.696. The third-order valence-corrected chi connectivity index (χ3v) is 3.18. The van der Waals surface area contributed by atoms with Crippen LogP contribution in [0.3, 0.4) is 0 Å². The minimum atomic E-state index is 0.805. The number of aromatic nitrogens is 2. The highest BCUT2D eigenvalue weighted by molar-refractivity contribution is 5.76. The zero-order valence-corrected chi connectivity index (χ0v) is 10.3. The lowest BCUT2D eigenvalue weighted by Crippen LogP contribution is -1.90. The third-order valence-electron chi connectivity index (χ3n) is 3.18. The Morgan fingerprint density at radius 2 is 1.78 bits per heavy atom. The fourth-order valence-electron chi connectivity index (χ4n) is 2.16. The number of fused-ring (bicyclic) bond motifs is 1. The van der Waals surface area contributed by atoms with Crippen molar-refractivity contribution in [1.82, 2.24) is 9.55 Å². The lowest BCUT2D eigenvalue weighted by molar-refractivity contribution is 0.947. The largest absolute Gasteiger partial charge is 0.399 e. The van der Waals surface area contributed by atoms with Gasteiger partial charge < -0.3 is 10.3 Å². The summed E-state index contributed by atoms with van der Waals surface area (Å²) in [7, 11) is 2.01. The Morgan fingerprint density at radius 1 is 1.06 bits per heavy atom. The third kappa shape index (κ3) is 1.95. The molecule has 0 amide bonds. The smallest absolute Gasteiger partial charge is 0.0955 e. The number of nitrogens with two attached hydrogens (primary N) is 1. The highest BCUT2D eigenvalue weighted by Gasteiger charge is 2.02. The SMILES string of the molecule is Cn1cnc2cc(Cc3ccc(N)cc3)ccc21. The lowest BCUT2D eigenvalue weighted by atomic mass is 10.0. The van der Waals surface area contributed by atoms with Crippen LogP contribution in [-0.4, -0.2) is 9.55 Å². The van der Waals surface area contributed by atoms with Crippen molar-refractivity contribution in [3.8, 4) is 0 Å². The van der Waals surface area contributed by atoms with Gasteiger partial charge in [0, 0.05) is 12.7 Å². The van der Waals surface area contributed by atoms with Crippen molar-refractivity contribution >= 4 is 16.7 Å². The van der Waals surface area contributed by atoms with Crippen LogP contribution in [-0.2, 0) is 13.5 Å². The molecule has 2 N–H and O–H groups in total. The molecule has 3 aromatic rings. The number of nitrogen functional groups attached to an aromatic ring is 1. The van der Waals surface area contributed by atoms with Crippen LogP contribution in [0, 0.1) is 0 Å². The van der Waals surface area contributed by atoms with Crippen LogP contribution < -0.4 is 5.73 Å². The molecule has 0 unspecified atom stereocenters. The Morgan fingerprint density at radius 3 is 2.56 bits per heavy atom. The van der Waals surface area contributed by atoms with E-state index in [0.717, 1.165) is 23.1 Å². The van der Waals surface area contributed by atoms with E-state index < -0.39 is 0 Å². The van der Waals surface area contributed by atoms with Gasteiger partial charge in [-0.15, -0.1) is 0 Å². The van der Waals surface area contributed by atoms with E-state index in [2.05, 4.69) is 35.3 Å². The molecule has 0 bridgehead atoms. The van der Waals surface area contributed by atoms with Crippen molar-refractivity contribution in [2.75, 3.05) is 5.73 Å². The van der Waals surface area contributed by atoms with Gasteiger partial charge in [-0.1, -0.05) is 18.2 Å². The molecule has 0 saturated heterocycles. The van der Waals surface area contributed by atoms with Crippen LogP contribution >= 0.6 is 0 Å². The number of hydrogen-bond acceptors (Lipinski definition) is 2. The van der Waals surface area contributed by atoms with E-state index >= 15 is 0 Å². The Labute approximate surface area is 106 Å². The molecule has 0 saturated carbocycles. The van der Waals surface area contributed by atoms with Gasteiger partial charge in [-0.05, 0) is 41.8 Å². The van der Waals surface area contributed by atoms with Gasteiger partial charge in [0.1, 0.15) is 0 Å². The molecular weight excluding hydrogens is 222 g/mol. The van der Waals surface area contributed by atoms with Gasteiger partial charge in [-0.3, -0.25) is 0 Å². The first-order chi connectivity index (χ1) is 8.72. The molecule has 0 radical (unpaired) electrons. The summed E-state index contributed by atoms with van der Waals surface area (Å²) in [5, 5.41) is 0. The van der Waals surface area contributed by atoms with Crippen molar-refractivity contribution in [1.29, 1.82) is 0 Å². The fourth-order valence-corrected chi connectivity index (χ4v) is 2.16. The summed E-state index contributed by atoms with van der Waals surface area (Å²) in [4.78, 5) is 4.38. The number of anilines is 1. The Kier molecular flexibility index (Phi) is 2.52. The highest BCUT2D eigenvalue weighted by Crippen LogP contribution is 2.17. The summed E-state index contributed by atoms with van der Waals surface area (Å²) < 4.78 is 2.03. The summed E-state index contributed by atoms with van der Waals surface area (Å²) in [5.74, 6) is 0. The second-order valence-corrected chi connectivity index (χ2v) is 4.60. The van der Waals surface area contributed by atoms with Crippen LogP contribution in [0.2, 0.25) is 0 Å². The highest BCUT2D eigenvalue weighted by atomic mass is 15.0. The molecule has 2 aromatic carbocycles. The van der Waals surface area contributed by atoms with E-state index in [9.17, 15) is 0 Å². The molecule has 0 aliphatic carbocycles. The summed E-state index contributed by atoms with van der Waals surface area (Å²) >= 11 is 0. The van der Waals surface area contributed by atoms with E-state index in [4.69, 9.17) is 5.73 Å². The second-order valence-electron chi connectivity index (χ2n) is 4.60. The molecule has 0 aliphatic heterocycles. The minimum absolute atomic E-state index is 0.805. The zero-order valence-electron chi connectivity index (χ0n) is 10.3. The molecule has 90 valence electrons. The van der Waals surface area contributed by atoms with Crippen molar-refractivity contribution in [3.63, 3.8) is 0 Å². The number of hydrogen-bond donors (Lipinski definition) is 1. The van der Waals surface area contributed by atoms with Crippen molar-refractivity contribution in [2.24, 2.45) is 7.05 Å².